The Morgan fingerprint density at radius 2 is 2.10 bits per heavy atom. The lowest BCUT2D eigenvalue weighted by Crippen LogP contribution is -2.14. The third-order valence-corrected chi connectivity index (χ3v) is 3.61. The zero-order valence-corrected chi connectivity index (χ0v) is 13.2. The van der Waals surface area contributed by atoms with Gasteiger partial charge in [0.1, 0.15) is 5.75 Å². The molecule has 0 saturated heterocycles. The summed E-state index contributed by atoms with van der Waals surface area (Å²) in [7, 11) is 1.59. The van der Waals surface area contributed by atoms with Gasteiger partial charge in [-0.3, -0.25) is 4.79 Å². The number of rotatable bonds is 5. The van der Waals surface area contributed by atoms with Crippen LogP contribution in [0.4, 0.5) is 5.69 Å². The molecule has 2 aromatic rings. The van der Waals surface area contributed by atoms with E-state index in [2.05, 4.69) is 21.2 Å². The van der Waals surface area contributed by atoms with Crippen LogP contribution in [-0.2, 0) is 0 Å². The van der Waals surface area contributed by atoms with Crippen LogP contribution >= 0.6 is 27.5 Å². The molecule has 0 radical (unpaired) electrons. The molecule has 0 aliphatic rings. The summed E-state index contributed by atoms with van der Waals surface area (Å²) >= 11 is 9.25. The first-order chi connectivity index (χ1) is 9.60. The maximum absolute atomic E-state index is 12.1. The number of ketones is 1. The van der Waals surface area contributed by atoms with Gasteiger partial charge in [-0.25, -0.2) is 0 Å². The van der Waals surface area contributed by atoms with Gasteiger partial charge in [0, 0.05) is 16.3 Å². The van der Waals surface area contributed by atoms with Crippen molar-refractivity contribution in [2.75, 3.05) is 19.0 Å². The second kappa shape index (κ2) is 6.77. The van der Waals surface area contributed by atoms with Gasteiger partial charge in [0.15, 0.2) is 5.78 Å². The highest BCUT2D eigenvalue weighted by Crippen LogP contribution is 2.25. The number of anilines is 1. The molecule has 0 aliphatic heterocycles. The van der Waals surface area contributed by atoms with E-state index in [1.807, 2.05) is 12.1 Å². The summed E-state index contributed by atoms with van der Waals surface area (Å²) in [6, 6.07) is 12.5. The molecule has 0 saturated carbocycles. The van der Waals surface area contributed by atoms with E-state index in [9.17, 15) is 4.79 Å². The minimum Gasteiger partial charge on any atom is -0.496 e. The van der Waals surface area contributed by atoms with Crippen LogP contribution in [0.5, 0.6) is 5.75 Å². The number of Topliss-reactive ketones (excluding diaryl/α,β-unsaturated/α-hetero) is 1. The topological polar surface area (TPSA) is 38.3 Å². The lowest BCUT2D eigenvalue weighted by atomic mass is 10.1. The van der Waals surface area contributed by atoms with Crippen LogP contribution in [0.25, 0.3) is 0 Å². The van der Waals surface area contributed by atoms with E-state index in [4.69, 9.17) is 16.3 Å². The van der Waals surface area contributed by atoms with Gasteiger partial charge in [-0.2, -0.15) is 0 Å². The predicted octanol–water partition coefficient (Wildman–Crippen LogP) is 4.41. The van der Waals surface area contributed by atoms with Gasteiger partial charge in [-0.1, -0.05) is 17.7 Å². The van der Waals surface area contributed by atoms with Gasteiger partial charge < -0.3 is 10.1 Å². The summed E-state index contributed by atoms with van der Waals surface area (Å²) in [6.45, 7) is 0.207. The minimum atomic E-state index is -0.00618. The highest BCUT2D eigenvalue weighted by Gasteiger charge is 2.09. The molecule has 2 aromatic carbocycles. The Kier molecular flexibility index (Phi) is 5.04. The summed E-state index contributed by atoms with van der Waals surface area (Å²) in [5.41, 5.74) is 1.44. The van der Waals surface area contributed by atoms with Crippen LogP contribution in [0.1, 0.15) is 10.4 Å². The number of hydrogen-bond donors (Lipinski definition) is 1. The van der Waals surface area contributed by atoms with E-state index < -0.39 is 0 Å². The zero-order valence-electron chi connectivity index (χ0n) is 10.8. The van der Waals surface area contributed by atoms with Gasteiger partial charge >= 0.3 is 0 Å². The Morgan fingerprint density at radius 3 is 2.75 bits per heavy atom. The molecule has 0 aliphatic carbocycles. The second-order valence-corrected chi connectivity index (χ2v) is 5.43. The van der Waals surface area contributed by atoms with Crippen molar-refractivity contribution in [3.05, 3.63) is 57.5 Å². The number of hydrogen-bond acceptors (Lipinski definition) is 3. The fourth-order valence-corrected chi connectivity index (χ4v) is 2.45. The maximum Gasteiger partial charge on any atom is 0.181 e. The first-order valence-electron chi connectivity index (χ1n) is 5.96. The van der Waals surface area contributed by atoms with Crippen molar-refractivity contribution in [1.82, 2.24) is 0 Å². The predicted molar refractivity (Wildman–Crippen MR) is 85.0 cm³/mol. The smallest absolute Gasteiger partial charge is 0.181 e. The number of methoxy groups -OCH3 is 1. The molecule has 0 atom stereocenters. The molecule has 0 heterocycles. The monoisotopic (exact) mass is 353 g/mol. The van der Waals surface area contributed by atoms with Gasteiger partial charge in [-0.15, -0.1) is 0 Å². The van der Waals surface area contributed by atoms with E-state index in [-0.39, 0.29) is 12.3 Å². The van der Waals surface area contributed by atoms with Gasteiger partial charge in [-0.05, 0) is 52.3 Å². The van der Waals surface area contributed by atoms with Crippen molar-refractivity contribution in [2.45, 2.75) is 0 Å². The largest absolute Gasteiger partial charge is 0.496 e. The highest BCUT2D eigenvalue weighted by molar-refractivity contribution is 9.10. The molecule has 0 fully saturated rings. The average molecular weight is 355 g/mol. The minimum absolute atomic E-state index is 0.00618. The number of carbonyl (C=O) groups is 1. The molecule has 0 aromatic heterocycles. The quantitative estimate of drug-likeness (QED) is 0.809. The summed E-state index contributed by atoms with van der Waals surface area (Å²) in [5.74, 6) is 0.692. The Morgan fingerprint density at radius 1 is 1.30 bits per heavy atom. The first kappa shape index (κ1) is 14.9. The number of ether oxygens (including phenoxy) is 1. The summed E-state index contributed by atoms with van der Waals surface area (Å²) in [6.07, 6.45) is 0. The molecule has 5 heteroatoms. The highest BCUT2D eigenvalue weighted by atomic mass is 79.9. The van der Waals surface area contributed by atoms with Crippen molar-refractivity contribution in [3.63, 3.8) is 0 Å². The normalized spacial score (nSPS) is 10.2. The van der Waals surface area contributed by atoms with E-state index in [1.165, 1.54) is 0 Å². The fraction of sp³-hybridized carbons (Fsp3) is 0.133. The van der Waals surface area contributed by atoms with Crippen LogP contribution < -0.4 is 10.1 Å². The van der Waals surface area contributed by atoms with Gasteiger partial charge in [0.05, 0.1) is 18.1 Å². The molecule has 0 spiro atoms. The summed E-state index contributed by atoms with van der Waals surface area (Å²) < 4.78 is 5.89. The lowest BCUT2D eigenvalue weighted by Gasteiger charge is -2.08. The number of benzene rings is 2. The maximum atomic E-state index is 12.1. The Balaban J connectivity index is 2.03. The molecule has 2 rings (SSSR count). The summed E-state index contributed by atoms with van der Waals surface area (Å²) in [5, 5.41) is 3.69. The Hall–Kier alpha value is -1.52. The van der Waals surface area contributed by atoms with E-state index >= 15 is 0 Å². The number of nitrogens with one attached hydrogen (secondary N) is 1. The Labute approximate surface area is 131 Å². The number of carbonyl (C=O) groups excluding carboxylic acids is 1. The molecule has 0 unspecified atom stereocenters. The molecule has 20 heavy (non-hydrogen) atoms. The van der Waals surface area contributed by atoms with Crippen molar-refractivity contribution in [2.24, 2.45) is 0 Å². The van der Waals surface area contributed by atoms with Gasteiger partial charge in [0.25, 0.3) is 0 Å². The average Bonchev–Trinajstić information content (AvgIpc) is 2.44. The van der Waals surface area contributed by atoms with Crippen LogP contribution in [0.15, 0.2) is 46.9 Å². The lowest BCUT2D eigenvalue weighted by molar-refractivity contribution is 0.101. The molecule has 0 bridgehead atoms. The van der Waals surface area contributed by atoms with Crippen LogP contribution in [0, 0.1) is 0 Å². The van der Waals surface area contributed by atoms with Crippen LogP contribution in [0.2, 0.25) is 5.02 Å². The van der Waals surface area contributed by atoms with Crippen molar-refractivity contribution >= 4 is 39.0 Å². The van der Waals surface area contributed by atoms with E-state index in [1.54, 1.807) is 37.4 Å². The molecule has 0 amide bonds. The van der Waals surface area contributed by atoms with E-state index in [0.717, 1.165) is 10.2 Å². The SMILES string of the molecule is COc1ccc(C(=O)CNc2cccc(Cl)c2)cc1Br. The third kappa shape index (κ3) is 3.74. The number of halogens is 2. The molecular formula is C15H13BrClNO2. The molecular weight excluding hydrogens is 342 g/mol. The molecule has 3 nitrogen and oxygen atoms in total. The second-order valence-electron chi connectivity index (χ2n) is 4.14. The fourth-order valence-electron chi connectivity index (χ4n) is 1.72. The van der Waals surface area contributed by atoms with E-state index in [0.29, 0.717) is 16.3 Å². The van der Waals surface area contributed by atoms with Crippen LogP contribution in [0.3, 0.4) is 0 Å². The molecule has 1 N–H and O–H groups in total. The summed E-state index contributed by atoms with van der Waals surface area (Å²) in [4.78, 5) is 12.1. The van der Waals surface area contributed by atoms with Crippen molar-refractivity contribution in [1.29, 1.82) is 0 Å². The standard InChI is InChI=1S/C15H13BrClNO2/c1-20-15-6-5-10(7-13(15)16)14(19)9-18-12-4-2-3-11(17)8-12/h2-8,18H,9H2,1H3. The molecule has 104 valence electrons. The Bertz CT molecular complexity index is 631. The van der Waals surface area contributed by atoms with Crippen molar-refractivity contribution < 1.29 is 9.53 Å². The third-order valence-electron chi connectivity index (χ3n) is 2.75. The zero-order chi connectivity index (χ0) is 14.5. The van der Waals surface area contributed by atoms with Crippen LogP contribution in [-0.4, -0.2) is 19.4 Å². The van der Waals surface area contributed by atoms with Crippen molar-refractivity contribution in [3.8, 4) is 5.75 Å². The first-order valence-corrected chi connectivity index (χ1v) is 7.13. The van der Waals surface area contributed by atoms with Gasteiger partial charge in [0.2, 0.25) is 0 Å².